The maximum atomic E-state index is 12.5. The average Bonchev–Trinajstić information content (AvgIpc) is 2.18. The van der Waals surface area contributed by atoms with Crippen LogP contribution in [-0.4, -0.2) is 4.98 Å². The standard InChI is InChI=1S/C9H6F5N3/c10-8(11)7-6(16)4(1-2-15)5(3-17-7)9(12,13)14/h3,8H,1,16H2. The summed E-state index contributed by atoms with van der Waals surface area (Å²) in [6.45, 7) is 0. The van der Waals surface area contributed by atoms with Crippen molar-refractivity contribution in [2.75, 3.05) is 5.73 Å². The first-order chi connectivity index (χ1) is 7.79. The molecule has 1 aromatic heterocycles. The van der Waals surface area contributed by atoms with Crippen molar-refractivity contribution in [3.05, 3.63) is 23.0 Å². The summed E-state index contributed by atoms with van der Waals surface area (Å²) in [6, 6.07) is 1.45. The normalized spacial score (nSPS) is 11.6. The maximum Gasteiger partial charge on any atom is 0.418 e. The maximum absolute atomic E-state index is 12.5. The lowest BCUT2D eigenvalue weighted by Crippen LogP contribution is -2.14. The summed E-state index contributed by atoms with van der Waals surface area (Å²) in [4.78, 5) is 2.98. The van der Waals surface area contributed by atoms with Crippen molar-refractivity contribution in [3.8, 4) is 6.07 Å². The Morgan fingerprint density at radius 2 is 2.00 bits per heavy atom. The van der Waals surface area contributed by atoms with E-state index in [4.69, 9.17) is 11.0 Å². The Morgan fingerprint density at radius 3 is 2.41 bits per heavy atom. The average molecular weight is 251 g/mol. The first kappa shape index (κ1) is 13.2. The summed E-state index contributed by atoms with van der Waals surface area (Å²) in [5.74, 6) is 0. The molecule has 1 aromatic rings. The monoisotopic (exact) mass is 251 g/mol. The predicted octanol–water partition coefficient (Wildman–Crippen LogP) is 2.69. The van der Waals surface area contributed by atoms with Crippen LogP contribution >= 0.6 is 0 Å². The molecule has 17 heavy (non-hydrogen) atoms. The number of nitriles is 1. The molecule has 0 unspecified atom stereocenters. The minimum Gasteiger partial charge on any atom is -0.397 e. The van der Waals surface area contributed by atoms with Crippen LogP contribution in [0.1, 0.15) is 23.2 Å². The Balaban J connectivity index is 3.46. The highest BCUT2D eigenvalue weighted by molar-refractivity contribution is 5.56. The molecule has 3 nitrogen and oxygen atoms in total. The molecular formula is C9H6F5N3. The molecule has 0 amide bonds. The van der Waals surface area contributed by atoms with Gasteiger partial charge in [-0.15, -0.1) is 0 Å². The number of hydrogen-bond acceptors (Lipinski definition) is 3. The third-order valence-corrected chi connectivity index (χ3v) is 2.03. The van der Waals surface area contributed by atoms with Gasteiger partial charge < -0.3 is 5.73 Å². The first-order valence-corrected chi connectivity index (χ1v) is 4.28. The quantitative estimate of drug-likeness (QED) is 0.822. The van der Waals surface area contributed by atoms with Crippen molar-refractivity contribution in [1.82, 2.24) is 4.98 Å². The third kappa shape index (κ3) is 2.61. The highest BCUT2D eigenvalue weighted by atomic mass is 19.4. The van der Waals surface area contributed by atoms with E-state index in [1.54, 1.807) is 0 Å². The Kier molecular flexibility index (Phi) is 3.50. The number of alkyl halides is 5. The second-order valence-corrected chi connectivity index (χ2v) is 3.08. The summed E-state index contributed by atoms with van der Waals surface area (Å²) in [7, 11) is 0. The van der Waals surface area contributed by atoms with Gasteiger partial charge in [0, 0.05) is 11.8 Å². The zero-order valence-corrected chi connectivity index (χ0v) is 8.22. The molecule has 0 atom stereocenters. The highest BCUT2D eigenvalue weighted by Gasteiger charge is 2.36. The van der Waals surface area contributed by atoms with Gasteiger partial charge in [-0.3, -0.25) is 4.98 Å². The molecule has 1 heterocycles. The van der Waals surface area contributed by atoms with Gasteiger partial charge in [-0.2, -0.15) is 18.4 Å². The van der Waals surface area contributed by atoms with Crippen LogP contribution in [0.15, 0.2) is 6.20 Å². The van der Waals surface area contributed by atoms with E-state index in [0.29, 0.717) is 0 Å². The molecule has 0 spiro atoms. The van der Waals surface area contributed by atoms with Crippen LogP contribution in [0.2, 0.25) is 0 Å². The van der Waals surface area contributed by atoms with Crippen molar-refractivity contribution < 1.29 is 22.0 Å². The van der Waals surface area contributed by atoms with Gasteiger partial charge >= 0.3 is 6.18 Å². The van der Waals surface area contributed by atoms with E-state index in [9.17, 15) is 22.0 Å². The van der Waals surface area contributed by atoms with E-state index in [2.05, 4.69) is 4.98 Å². The lowest BCUT2D eigenvalue weighted by Gasteiger charge is -2.14. The van der Waals surface area contributed by atoms with Gasteiger partial charge in [0.1, 0.15) is 5.69 Å². The predicted molar refractivity (Wildman–Crippen MR) is 47.9 cm³/mol. The van der Waals surface area contributed by atoms with Crippen LogP contribution < -0.4 is 5.73 Å². The number of rotatable bonds is 2. The SMILES string of the molecule is N#CCc1c(C(F)(F)F)cnc(C(F)F)c1N. The summed E-state index contributed by atoms with van der Waals surface area (Å²) >= 11 is 0. The molecule has 0 saturated carbocycles. The minimum absolute atomic E-state index is 0.268. The van der Waals surface area contributed by atoms with E-state index in [-0.39, 0.29) is 6.20 Å². The van der Waals surface area contributed by atoms with Gasteiger partial charge in [0.2, 0.25) is 0 Å². The molecule has 0 fully saturated rings. The van der Waals surface area contributed by atoms with Crippen LogP contribution in [0.4, 0.5) is 27.6 Å². The summed E-state index contributed by atoms with van der Waals surface area (Å²) in [5, 5.41) is 8.38. The van der Waals surface area contributed by atoms with Crippen LogP contribution in [0.5, 0.6) is 0 Å². The molecule has 0 aromatic carbocycles. The summed E-state index contributed by atoms with van der Waals surface area (Å²) in [6.07, 6.45) is -8.31. The minimum atomic E-state index is -4.78. The highest BCUT2D eigenvalue weighted by Crippen LogP contribution is 2.36. The fraction of sp³-hybridized carbons (Fsp3) is 0.333. The Hall–Kier alpha value is -1.91. The number of aromatic nitrogens is 1. The molecule has 0 aliphatic heterocycles. The van der Waals surface area contributed by atoms with Gasteiger partial charge in [0.15, 0.2) is 0 Å². The van der Waals surface area contributed by atoms with E-state index >= 15 is 0 Å². The number of hydrogen-bond donors (Lipinski definition) is 1. The zero-order chi connectivity index (χ0) is 13.2. The number of nitrogens with zero attached hydrogens (tertiary/aromatic N) is 2. The Labute approximate surface area is 92.7 Å². The number of halogens is 5. The second-order valence-electron chi connectivity index (χ2n) is 3.08. The van der Waals surface area contributed by atoms with Crippen LogP contribution in [0.3, 0.4) is 0 Å². The Morgan fingerprint density at radius 1 is 1.41 bits per heavy atom. The van der Waals surface area contributed by atoms with Crippen molar-refractivity contribution in [3.63, 3.8) is 0 Å². The zero-order valence-electron chi connectivity index (χ0n) is 8.22. The molecule has 92 valence electrons. The summed E-state index contributed by atoms with van der Waals surface area (Å²) in [5.41, 5.74) is 1.53. The number of nitrogen functional groups attached to an aromatic ring is 1. The van der Waals surface area contributed by atoms with Crippen LogP contribution in [-0.2, 0) is 12.6 Å². The largest absolute Gasteiger partial charge is 0.418 e. The molecule has 0 saturated heterocycles. The molecule has 0 bridgehead atoms. The number of pyridine rings is 1. The molecule has 8 heteroatoms. The lowest BCUT2D eigenvalue weighted by atomic mass is 10.0. The van der Waals surface area contributed by atoms with Gasteiger partial charge in [0.25, 0.3) is 6.43 Å². The van der Waals surface area contributed by atoms with E-state index in [1.165, 1.54) is 6.07 Å². The number of anilines is 1. The van der Waals surface area contributed by atoms with Crippen molar-refractivity contribution in [2.24, 2.45) is 0 Å². The fourth-order valence-electron chi connectivity index (χ4n) is 1.27. The first-order valence-electron chi connectivity index (χ1n) is 4.28. The van der Waals surface area contributed by atoms with E-state index in [0.717, 1.165) is 0 Å². The lowest BCUT2D eigenvalue weighted by molar-refractivity contribution is -0.138. The van der Waals surface area contributed by atoms with E-state index < -0.39 is 41.5 Å². The summed E-state index contributed by atoms with van der Waals surface area (Å²) < 4.78 is 62.2. The molecule has 1 rings (SSSR count). The van der Waals surface area contributed by atoms with E-state index in [1.807, 2.05) is 0 Å². The fourth-order valence-corrected chi connectivity index (χ4v) is 1.27. The van der Waals surface area contributed by atoms with Gasteiger partial charge in [0.05, 0.1) is 23.7 Å². The Bertz CT molecular complexity index is 461. The van der Waals surface area contributed by atoms with Crippen molar-refractivity contribution in [2.45, 2.75) is 19.0 Å². The smallest absolute Gasteiger partial charge is 0.397 e. The van der Waals surface area contributed by atoms with Crippen molar-refractivity contribution >= 4 is 5.69 Å². The van der Waals surface area contributed by atoms with Crippen LogP contribution in [0, 0.1) is 11.3 Å². The molecule has 0 aliphatic carbocycles. The second kappa shape index (κ2) is 4.53. The van der Waals surface area contributed by atoms with Crippen LogP contribution in [0.25, 0.3) is 0 Å². The van der Waals surface area contributed by atoms with Gasteiger partial charge in [-0.05, 0) is 0 Å². The topological polar surface area (TPSA) is 62.7 Å². The molecule has 2 N–H and O–H groups in total. The molecular weight excluding hydrogens is 245 g/mol. The molecule has 0 radical (unpaired) electrons. The van der Waals surface area contributed by atoms with Gasteiger partial charge in [-0.1, -0.05) is 0 Å². The van der Waals surface area contributed by atoms with Gasteiger partial charge in [-0.25, -0.2) is 8.78 Å². The number of nitrogens with two attached hydrogens (primary N) is 1. The molecule has 0 aliphatic rings. The third-order valence-electron chi connectivity index (χ3n) is 2.03. The van der Waals surface area contributed by atoms with Crippen molar-refractivity contribution in [1.29, 1.82) is 5.26 Å².